The maximum absolute atomic E-state index is 7.22. The number of benzene rings is 11. The number of rotatable bonds is 11. The number of allylic oxidation sites excluding steroid dienone is 3. The van der Waals surface area contributed by atoms with Gasteiger partial charge >= 0.3 is 0 Å². The van der Waals surface area contributed by atoms with E-state index in [0.717, 1.165) is 102 Å². The Morgan fingerprint density at radius 2 is 0.867 bits per heavy atom. The van der Waals surface area contributed by atoms with Crippen LogP contribution in [-0.2, 0) is 0 Å². The van der Waals surface area contributed by atoms with Crippen molar-refractivity contribution in [3.8, 4) is 11.7 Å². The van der Waals surface area contributed by atoms with Gasteiger partial charge in [-0.05, 0) is 143 Å². The van der Waals surface area contributed by atoms with Crippen LogP contribution in [-0.4, -0.2) is 20.0 Å². The van der Waals surface area contributed by atoms with Crippen LogP contribution >= 0.6 is 0 Å². The molecular formula is C74H53B2N5O2. The Hall–Kier alpha value is -10.6. The van der Waals surface area contributed by atoms with Crippen LogP contribution in [0, 0.1) is 0 Å². The van der Waals surface area contributed by atoms with E-state index in [2.05, 4.69) is 317 Å². The van der Waals surface area contributed by atoms with E-state index < -0.39 is 0 Å². The van der Waals surface area contributed by atoms with Crippen molar-refractivity contribution in [2.45, 2.75) is 6.92 Å². The summed E-state index contributed by atoms with van der Waals surface area (Å²) in [6, 6.07) is 96.6. The average molecular weight is 1070 g/mol. The summed E-state index contributed by atoms with van der Waals surface area (Å²) in [6.45, 7) is 2.32. The van der Waals surface area contributed by atoms with E-state index in [-0.39, 0.29) is 13.4 Å². The molecule has 0 bridgehead atoms. The smallest absolute Gasteiger partial charge is 0.285 e. The van der Waals surface area contributed by atoms with Gasteiger partial charge in [0, 0.05) is 91.7 Å². The van der Waals surface area contributed by atoms with Crippen LogP contribution in [0.15, 0.2) is 296 Å². The van der Waals surface area contributed by atoms with E-state index in [9.17, 15) is 0 Å². The second kappa shape index (κ2) is 19.9. The first-order chi connectivity index (χ1) is 41.2. The summed E-state index contributed by atoms with van der Waals surface area (Å²) in [5, 5.41) is 1.04. The summed E-state index contributed by atoms with van der Waals surface area (Å²) in [7, 11) is 0. The van der Waals surface area contributed by atoms with Crippen LogP contribution in [0.1, 0.15) is 6.92 Å². The third kappa shape index (κ3) is 7.83. The minimum absolute atomic E-state index is 0.151. The van der Waals surface area contributed by atoms with Crippen molar-refractivity contribution in [2.75, 3.05) is 31.0 Å². The zero-order chi connectivity index (χ0) is 55.0. The van der Waals surface area contributed by atoms with Crippen LogP contribution in [0.4, 0.5) is 79.6 Å². The Balaban J connectivity index is 1.02. The van der Waals surface area contributed by atoms with Crippen LogP contribution in [0.2, 0.25) is 0 Å². The van der Waals surface area contributed by atoms with E-state index in [1.165, 1.54) is 27.5 Å². The molecule has 11 aromatic carbocycles. The molecule has 83 heavy (non-hydrogen) atoms. The summed E-state index contributed by atoms with van der Waals surface area (Å²) < 4.78 is 14.1. The highest BCUT2D eigenvalue weighted by atomic mass is 16.6. The van der Waals surface area contributed by atoms with Gasteiger partial charge in [0.15, 0.2) is 0 Å². The number of nitrogens with zero attached hydrogens (tertiary/aromatic N) is 5. The zero-order valence-corrected chi connectivity index (χ0v) is 45.6. The Morgan fingerprint density at radius 1 is 0.386 bits per heavy atom. The Kier molecular flexibility index (Phi) is 11.6. The molecule has 0 atom stereocenters. The van der Waals surface area contributed by atoms with Gasteiger partial charge in [0.2, 0.25) is 0 Å². The topological polar surface area (TPSA) is 38.6 Å². The van der Waals surface area contributed by atoms with Crippen LogP contribution in [0.3, 0.4) is 0 Å². The molecule has 4 aliphatic heterocycles. The van der Waals surface area contributed by atoms with E-state index >= 15 is 0 Å². The molecule has 392 valence electrons. The van der Waals surface area contributed by atoms with Crippen LogP contribution < -0.4 is 62.0 Å². The van der Waals surface area contributed by atoms with Crippen molar-refractivity contribution in [1.82, 2.24) is 0 Å². The molecule has 0 radical (unpaired) electrons. The van der Waals surface area contributed by atoms with Crippen LogP contribution in [0.25, 0.3) is 11.0 Å². The lowest BCUT2D eigenvalue weighted by Gasteiger charge is -2.46. The molecule has 0 saturated carbocycles. The van der Waals surface area contributed by atoms with E-state index in [1.807, 2.05) is 6.07 Å². The standard InChI is InChI=1S/C74H53B2N5O2/c1-2-3-4-27-44-77-63-42-25-24-41-60(63)75-61-49-62-65(50-64(61)80(55-36-19-9-20-37-55)67-46-57(45-66(77)72(67)75)78(51-28-11-5-12-29-51)52-30-13-6-14-31-52)81(56-38-21-10-22-39-56)68-47-58(79(53-32-15-7-16-33-53)54-34-17-8-18-35-54)48-70-73(68)76(62)71-59-40-23-26-43-69(59)82-74(71)83-70/h2-43,45-50H,44H2,1H3/b3-2-,27-4-. The normalized spacial score (nSPS) is 13.3. The monoisotopic (exact) mass is 1070 g/mol. The molecule has 5 heterocycles. The lowest BCUT2D eigenvalue weighted by atomic mass is 9.30. The Morgan fingerprint density at radius 3 is 1.45 bits per heavy atom. The van der Waals surface area contributed by atoms with Crippen molar-refractivity contribution >= 4 is 137 Å². The molecular weight excluding hydrogens is 1010 g/mol. The van der Waals surface area contributed by atoms with Gasteiger partial charge in [0.05, 0.1) is 11.4 Å². The van der Waals surface area contributed by atoms with Crippen LogP contribution in [0.5, 0.6) is 11.7 Å². The highest BCUT2D eigenvalue weighted by molar-refractivity contribution is 7.03. The molecule has 0 saturated heterocycles. The van der Waals surface area contributed by atoms with E-state index in [0.29, 0.717) is 12.5 Å². The minimum atomic E-state index is -0.269. The average Bonchev–Trinajstić information content (AvgIpc) is 1.70. The SMILES string of the molecule is C/C=C\C=C/CN1c2ccccc2B2c3cc4c(cc3N(c3ccccc3)c3cc(N(c5ccccc5)c5ccccc5)cc1c32)N(c1ccccc1)c1cc(N(c2ccccc2)c2ccccc2)cc2c1B4c1c(oc3ccccc13)O2. The third-order valence-electron chi connectivity index (χ3n) is 16.8. The highest BCUT2D eigenvalue weighted by Gasteiger charge is 2.49. The predicted octanol–water partition coefficient (Wildman–Crippen LogP) is 15.7. The largest absolute Gasteiger partial charge is 0.427 e. The molecule has 0 aliphatic carbocycles. The maximum atomic E-state index is 7.22. The Bertz CT molecular complexity index is 4420. The lowest BCUT2D eigenvalue weighted by molar-refractivity contribution is 0.364. The first-order valence-corrected chi connectivity index (χ1v) is 28.6. The van der Waals surface area contributed by atoms with Gasteiger partial charge in [-0.15, -0.1) is 0 Å². The second-order valence-electron chi connectivity index (χ2n) is 21.5. The summed E-state index contributed by atoms with van der Waals surface area (Å²) in [5.74, 6) is 1.28. The van der Waals surface area contributed by atoms with E-state index in [4.69, 9.17) is 9.15 Å². The quantitative estimate of drug-likeness (QED) is 0.0944. The first kappa shape index (κ1) is 48.3. The lowest BCUT2D eigenvalue weighted by Crippen LogP contribution is -2.64. The predicted molar refractivity (Wildman–Crippen MR) is 348 cm³/mol. The number of anilines is 14. The molecule has 12 aromatic rings. The second-order valence-corrected chi connectivity index (χ2v) is 21.5. The fourth-order valence-electron chi connectivity index (χ4n) is 13.4. The van der Waals surface area contributed by atoms with Crippen molar-refractivity contribution in [3.63, 3.8) is 0 Å². The van der Waals surface area contributed by atoms with Crippen molar-refractivity contribution < 1.29 is 9.15 Å². The molecule has 9 heteroatoms. The van der Waals surface area contributed by atoms with Gasteiger partial charge in [-0.2, -0.15) is 0 Å². The third-order valence-corrected chi connectivity index (χ3v) is 16.8. The summed E-state index contributed by atoms with van der Waals surface area (Å²) in [4.78, 5) is 12.3. The highest BCUT2D eigenvalue weighted by Crippen LogP contribution is 2.51. The maximum Gasteiger partial charge on any atom is 0.285 e. The minimum Gasteiger partial charge on any atom is -0.427 e. The molecule has 0 amide bonds. The van der Waals surface area contributed by atoms with Crippen molar-refractivity contribution in [2.24, 2.45) is 0 Å². The number of para-hydroxylation sites is 8. The van der Waals surface area contributed by atoms with Gasteiger partial charge in [-0.3, -0.25) is 0 Å². The first-order valence-electron chi connectivity index (χ1n) is 28.6. The molecule has 4 aliphatic rings. The van der Waals surface area contributed by atoms with Gasteiger partial charge in [0.25, 0.3) is 19.4 Å². The fraction of sp³-hybridized carbons (Fsp3) is 0.0270. The molecule has 1 aromatic heterocycles. The number of furan rings is 1. The fourth-order valence-corrected chi connectivity index (χ4v) is 13.4. The summed E-state index contributed by atoms with van der Waals surface area (Å²) in [6.07, 6.45) is 8.65. The summed E-state index contributed by atoms with van der Waals surface area (Å²) in [5.41, 5.74) is 22.9. The molecule has 0 fully saturated rings. The van der Waals surface area contributed by atoms with Gasteiger partial charge in [-0.1, -0.05) is 176 Å². The number of hydrogen-bond donors (Lipinski definition) is 0. The van der Waals surface area contributed by atoms with Crippen molar-refractivity contribution in [1.29, 1.82) is 0 Å². The van der Waals surface area contributed by atoms with Gasteiger partial charge in [0.1, 0.15) is 11.3 Å². The zero-order valence-electron chi connectivity index (χ0n) is 45.6. The summed E-state index contributed by atoms with van der Waals surface area (Å²) >= 11 is 0. The molecule has 0 unspecified atom stereocenters. The van der Waals surface area contributed by atoms with Gasteiger partial charge in [-0.25, -0.2) is 0 Å². The number of fused-ring (bicyclic) bond motifs is 10. The number of ether oxygens (including phenoxy) is 1. The molecule has 0 N–H and O–H groups in total. The number of hydrogen-bond acceptors (Lipinski definition) is 7. The molecule has 7 nitrogen and oxygen atoms in total. The van der Waals surface area contributed by atoms with E-state index in [1.54, 1.807) is 0 Å². The molecule has 16 rings (SSSR count). The van der Waals surface area contributed by atoms with Crippen molar-refractivity contribution in [3.05, 3.63) is 291 Å². The Labute approximate surface area is 484 Å². The molecule has 0 spiro atoms. The van der Waals surface area contributed by atoms with Gasteiger partial charge < -0.3 is 33.7 Å².